The molecule has 92 valence electrons. The summed E-state index contributed by atoms with van der Waals surface area (Å²) in [4.78, 5) is 10.9. The van der Waals surface area contributed by atoms with Gasteiger partial charge in [0, 0.05) is 13.5 Å². The lowest BCUT2D eigenvalue weighted by Crippen LogP contribution is -2.14. The Morgan fingerprint density at radius 2 is 2.06 bits per heavy atom. The van der Waals surface area contributed by atoms with Crippen LogP contribution in [0, 0.1) is 0 Å². The van der Waals surface area contributed by atoms with Gasteiger partial charge in [-0.25, -0.2) is 0 Å². The van der Waals surface area contributed by atoms with E-state index in [-0.39, 0.29) is 12.1 Å². The standard InChI is InChI=1S/C13H22O3/c1-12(14)16-13-8-4-2-3-6-10-15-11-7-5-9-13/h5,9,13H,2-4,6-8,10-11H2,1H3/b9-5-. The maximum Gasteiger partial charge on any atom is 0.303 e. The second kappa shape index (κ2) is 8.34. The number of esters is 1. The minimum atomic E-state index is -0.196. The van der Waals surface area contributed by atoms with E-state index in [9.17, 15) is 4.79 Å². The van der Waals surface area contributed by atoms with Crippen LogP contribution in [-0.2, 0) is 14.3 Å². The number of ether oxygens (including phenoxy) is 2. The number of carbonyl (C=O) groups excluding carboxylic acids is 1. The molecule has 0 N–H and O–H groups in total. The topological polar surface area (TPSA) is 35.5 Å². The first kappa shape index (κ1) is 13.2. The van der Waals surface area contributed by atoms with Gasteiger partial charge in [-0.2, -0.15) is 0 Å². The summed E-state index contributed by atoms with van der Waals surface area (Å²) in [5, 5.41) is 0. The highest BCUT2D eigenvalue weighted by Crippen LogP contribution is 2.11. The molecule has 1 aliphatic heterocycles. The fourth-order valence-corrected chi connectivity index (χ4v) is 1.81. The third kappa shape index (κ3) is 6.62. The molecule has 1 aliphatic rings. The van der Waals surface area contributed by atoms with Gasteiger partial charge in [0.25, 0.3) is 0 Å². The van der Waals surface area contributed by atoms with Gasteiger partial charge in [-0.3, -0.25) is 4.79 Å². The van der Waals surface area contributed by atoms with Gasteiger partial charge in [-0.15, -0.1) is 0 Å². The molecular weight excluding hydrogens is 204 g/mol. The van der Waals surface area contributed by atoms with Crippen LogP contribution in [0.1, 0.15) is 45.4 Å². The summed E-state index contributed by atoms with van der Waals surface area (Å²) in [6, 6.07) is 0. The Bertz CT molecular complexity index is 223. The Hall–Kier alpha value is -0.830. The molecule has 0 aromatic heterocycles. The predicted octanol–water partition coefficient (Wildman–Crippen LogP) is 2.85. The second-order valence-corrected chi connectivity index (χ2v) is 4.18. The maximum absolute atomic E-state index is 10.9. The molecule has 0 spiro atoms. The minimum absolute atomic E-state index is 0.0445. The number of hydrogen-bond donors (Lipinski definition) is 0. The van der Waals surface area contributed by atoms with E-state index >= 15 is 0 Å². The van der Waals surface area contributed by atoms with Crippen LogP contribution in [-0.4, -0.2) is 25.3 Å². The van der Waals surface area contributed by atoms with Crippen LogP contribution in [0.2, 0.25) is 0 Å². The van der Waals surface area contributed by atoms with Crippen LogP contribution in [0.15, 0.2) is 12.2 Å². The van der Waals surface area contributed by atoms with Crippen LogP contribution in [0.5, 0.6) is 0 Å². The van der Waals surface area contributed by atoms with Crippen molar-refractivity contribution in [1.29, 1.82) is 0 Å². The molecule has 0 aliphatic carbocycles. The van der Waals surface area contributed by atoms with Gasteiger partial charge in [0.05, 0.1) is 6.61 Å². The largest absolute Gasteiger partial charge is 0.458 e. The first-order valence-corrected chi connectivity index (χ1v) is 6.20. The van der Waals surface area contributed by atoms with Gasteiger partial charge >= 0.3 is 5.97 Å². The number of hydrogen-bond acceptors (Lipinski definition) is 3. The van der Waals surface area contributed by atoms with E-state index in [0.29, 0.717) is 0 Å². The van der Waals surface area contributed by atoms with Gasteiger partial charge < -0.3 is 9.47 Å². The molecule has 0 radical (unpaired) electrons. The minimum Gasteiger partial charge on any atom is -0.458 e. The Kier molecular flexibility index (Phi) is 6.90. The van der Waals surface area contributed by atoms with Crippen molar-refractivity contribution in [1.82, 2.24) is 0 Å². The molecule has 0 fully saturated rings. The molecule has 3 nitrogen and oxygen atoms in total. The summed E-state index contributed by atoms with van der Waals surface area (Å²) in [5.41, 5.74) is 0. The Morgan fingerprint density at radius 1 is 1.25 bits per heavy atom. The van der Waals surface area contributed by atoms with Crippen molar-refractivity contribution >= 4 is 5.97 Å². The zero-order valence-corrected chi connectivity index (χ0v) is 10.1. The first-order chi connectivity index (χ1) is 7.79. The van der Waals surface area contributed by atoms with Crippen LogP contribution < -0.4 is 0 Å². The zero-order valence-electron chi connectivity index (χ0n) is 10.1. The third-order valence-electron chi connectivity index (χ3n) is 2.62. The van der Waals surface area contributed by atoms with Crippen molar-refractivity contribution in [3.05, 3.63) is 12.2 Å². The van der Waals surface area contributed by atoms with E-state index in [0.717, 1.165) is 38.9 Å². The Balaban J connectivity index is 2.38. The van der Waals surface area contributed by atoms with Gasteiger partial charge in [0.1, 0.15) is 6.10 Å². The summed E-state index contributed by atoms with van der Waals surface area (Å²) >= 11 is 0. The lowest BCUT2D eigenvalue weighted by molar-refractivity contribution is -0.144. The molecule has 0 aromatic rings. The zero-order chi connectivity index (χ0) is 11.6. The molecule has 16 heavy (non-hydrogen) atoms. The smallest absolute Gasteiger partial charge is 0.303 e. The Labute approximate surface area is 97.8 Å². The quantitative estimate of drug-likeness (QED) is 0.509. The first-order valence-electron chi connectivity index (χ1n) is 6.20. The Morgan fingerprint density at radius 3 is 2.88 bits per heavy atom. The average Bonchev–Trinajstić information content (AvgIpc) is 2.21. The van der Waals surface area contributed by atoms with Crippen molar-refractivity contribution in [3.63, 3.8) is 0 Å². The molecule has 1 heterocycles. The van der Waals surface area contributed by atoms with Gasteiger partial charge in [-0.1, -0.05) is 18.9 Å². The fraction of sp³-hybridized carbons (Fsp3) is 0.769. The van der Waals surface area contributed by atoms with Crippen molar-refractivity contribution in [2.24, 2.45) is 0 Å². The van der Waals surface area contributed by atoms with Crippen molar-refractivity contribution in [3.8, 4) is 0 Å². The molecule has 1 unspecified atom stereocenters. The SMILES string of the molecule is CC(=O)OC1/C=C\CCOCCCCCC1. The summed E-state index contributed by atoms with van der Waals surface area (Å²) in [5.74, 6) is -0.196. The monoisotopic (exact) mass is 226 g/mol. The van der Waals surface area contributed by atoms with E-state index in [2.05, 4.69) is 6.08 Å². The highest BCUT2D eigenvalue weighted by atomic mass is 16.5. The molecule has 0 saturated heterocycles. The van der Waals surface area contributed by atoms with E-state index in [4.69, 9.17) is 9.47 Å². The van der Waals surface area contributed by atoms with Gasteiger partial charge in [0.15, 0.2) is 0 Å². The van der Waals surface area contributed by atoms with E-state index in [1.165, 1.54) is 19.8 Å². The average molecular weight is 226 g/mol. The normalized spacial score (nSPS) is 26.2. The van der Waals surface area contributed by atoms with Crippen LogP contribution in [0.3, 0.4) is 0 Å². The summed E-state index contributed by atoms with van der Waals surface area (Å²) in [7, 11) is 0. The molecule has 3 heteroatoms. The van der Waals surface area contributed by atoms with E-state index in [1.807, 2.05) is 6.08 Å². The molecule has 0 amide bonds. The van der Waals surface area contributed by atoms with Crippen molar-refractivity contribution in [2.45, 2.75) is 51.6 Å². The number of carbonyl (C=O) groups is 1. The van der Waals surface area contributed by atoms with Crippen LogP contribution in [0.25, 0.3) is 0 Å². The summed E-state index contributed by atoms with van der Waals surface area (Å²) in [6.07, 6.45) is 10.5. The lowest BCUT2D eigenvalue weighted by atomic mass is 10.1. The highest BCUT2D eigenvalue weighted by Gasteiger charge is 2.08. The predicted molar refractivity (Wildman–Crippen MR) is 63.2 cm³/mol. The van der Waals surface area contributed by atoms with E-state index < -0.39 is 0 Å². The highest BCUT2D eigenvalue weighted by molar-refractivity contribution is 5.66. The number of rotatable bonds is 1. The van der Waals surface area contributed by atoms with E-state index in [1.54, 1.807) is 0 Å². The summed E-state index contributed by atoms with van der Waals surface area (Å²) in [6.45, 7) is 3.11. The van der Waals surface area contributed by atoms with Crippen LogP contribution >= 0.6 is 0 Å². The molecule has 0 bridgehead atoms. The third-order valence-corrected chi connectivity index (χ3v) is 2.62. The maximum atomic E-state index is 10.9. The van der Waals surface area contributed by atoms with Gasteiger partial charge in [-0.05, 0) is 31.8 Å². The molecule has 1 atom stereocenters. The fourth-order valence-electron chi connectivity index (χ4n) is 1.81. The summed E-state index contributed by atoms with van der Waals surface area (Å²) < 4.78 is 10.7. The molecular formula is C13H22O3. The molecule has 0 saturated carbocycles. The van der Waals surface area contributed by atoms with Crippen molar-refractivity contribution in [2.75, 3.05) is 13.2 Å². The van der Waals surface area contributed by atoms with Crippen LogP contribution in [0.4, 0.5) is 0 Å². The van der Waals surface area contributed by atoms with Gasteiger partial charge in [0.2, 0.25) is 0 Å². The van der Waals surface area contributed by atoms with Crippen molar-refractivity contribution < 1.29 is 14.3 Å². The molecule has 0 aromatic carbocycles. The lowest BCUT2D eigenvalue weighted by Gasteiger charge is -2.13. The molecule has 1 rings (SSSR count). The second-order valence-electron chi connectivity index (χ2n) is 4.18.